The zero-order chi connectivity index (χ0) is 20.6. The van der Waals surface area contributed by atoms with Crippen molar-refractivity contribution in [2.24, 2.45) is 10.2 Å². The SMILES string of the molecule is COc1ccc(OC)c(N=N/C(C(=O)c2ccccc2)=C(/O)c2ccccc2)c1. The zero-order valence-corrected chi connectivity index (χ0v) is 16.1. The number of aliphatic hydroxyl groups is 1. The van der Waals surface area contributed by atoms with Crippen molar-refractivity contribution in [1.29, 1.82) is 0 Å². The van der Waals surface area contributed by atoms with Gasteiger partial charge >= 0.3 is 0 Å². The van der Waals surface area contributed by atoms with Gasteiger partial charge in [-0.2, -0.15) is 0 Å². The number of azo groups is 1. The fraction of sp³-hybridized carbons (Fsp3) is 0.0870. The number of allylic oxidation sites excluding steroid dienone is 1. The second-order valence-electron chi connectivity index (χ2n) is 6.00. The van der Waals surface area contributed by atoms with Crippen molar-refractivity contribution in [1.82, 2.24) is 0 Å². The molecular formula is C23H20N2O4. The maximum atomic E-state index is 13.0. The number of rotatable bonds is 7. The van der Waals surface area contributed by atoms with E-state index in [1.807, 2.05) is 6.07 Å². The van der Waals surface area contributed by atoms with Crippen LogP contribution < -0.4 is 9.47 Å². The molecule has 0 bridgehead atoms. The van der Waals surface area contributed by atoms with Crippen molar-refractivity contribution in [2.75, 3.05) is 14.2 Å². The molecule has 0 saturated carbocycles. The van der Waals surface area contributed by atoms with E-state index in [0.717, 1.165) is 0 Å². The van der Waals surface area contributed by atoms with Crippen molar-refractivity contribution >= 4 is 17.2 Å². The summed E-state index contributed by atoms with van der Waals surface area (Å²) in [5, 5.41) is 19.0. The minimum atomic E-state index is -0.447. The Hall–Kier alpha value is -3.93. The smallest absolute Gasteiger partial charge is 0.217 e. The van der Waals surface area contributed by atoms with Gasteiger partial charge in [-0.05, 0) is 12.1 Å². The number of methoxy groups -OCH3 is 2. The molecule has 0 aliphatic carbocycles. The van der Waals surface area contributed by atoms with E-state index in [1.54, 1.807) is 72.8 Å². The van der Waals surface area contributed by atoms with Crippen LogP contribution in [0.5, 0.6) is 11.5 Å². The largest absolute Gasteiger partial charge is 0.505 e. The number of hydrogen-bond acceptors (Lipinski definition) is 6. The van der Waals surface area contributed by atoms with Crippen molar-refractivity contribution in [3.63, 3.8) is 0 Å². The standard InChI is InChI=1S/C23H20N2O4/c1-28-18-13-14-20(29-2)19(15-18)24-25-21(22(26)16-9-5-3-6-10-16)23(27)17-11-7-4-8-12-17/h3-15,26H,1-2H3/b22-21+,25-24?. The van der Waals surface area contributed by atoms with Crippen LogP contribution >= 0.6 is 0 Å². The summed E-state index contributed by atoms with van der Waals surface area (Å²) >= 11 is 0. The van der Waals surface area contributed by atoms with Crippen LogP contribution in [0.2, 0.25) is 0 Å². The minimum Gasteiger partial charge on any atom is -0.505 e. The summed E-state index contributed by atoms with van der Waals surface area (Å²) in [7, 11) is 3.04. The molecule has 1 N–H and O–H groups in total. The quantitative estimate of drug-likeness (QED) is 0.247. The molecular weight excluding hydrogens is 368 g/mol. The van der Waals surface area contributed by atoms with E-state index >= 15 is 0 Å². The van der Waals surface area contributed by atoms with Crippen LogP contribution in [0.3, 0.4) is 0 Å². The Morgan fingerprint density at radius 1 is 0.828 bits per heavy atom. The van der Waals surface area contributed by atoms with Crippen molar-refractivity contribution in [2.45, 2.75) is 0 Å². The molecule has 146 valence electrons. The molecule has 3 rings (SSSR count). The van der Waals surface area contributed by atoms with Crippen molar-refractivity contribution < 1.29 is 19.4 Å². The Balaban J connectivity index is 2.10. The van der Waals surface area contributed by atoms with Gasteiger partial charge in [0.1, 0.15) is 17.2 Å². The molecule has 6 heteroatoms. The van der Waals surface area contributed by atoms with Gasteiger partial charge in [0.05, 0.1) is 14.2 Å². The molecule has 0 saturated heterocycles. The molecule has 0 amide bonds. The number of carbonyl (C=O) groups is 1. The topological polar surface area (TPSA) is 80.5 Å². The van der Waals surface area contributed by atoms with Crippen LogP contribution in [-0.2, 0) is 0 Å². The Bertz CT molecular complexity index is 1040. The monoisotopic (exact) mass is 388 g/mol. The van der Waals surface area contributed by atoms with Crippen LogP contribution in [0.25, 0.3) is 5.76 Å². The fourth-order valence-corrected chi connectivity index (χ4v) is 2.64. The van der Waals surface area contributed by atoms with Gasteiger partial charge < -0.3 is 14.6 Å². The highest BCUT2D eigenvalue weighted by molar-refractivity contribution is 6.12. The van der Waals surface area contributed by atoms with E-state index < -0.39 is 5.78 Å². The number of Topliss-reactive ketones (excluding diaryl/α,β-unsaturated/α-hetero) is 1. The maximum absolute atomic E-state index is 13.0. The second-order valence-corrected chi connectivity index (χ2v) is 6.00. The van der Waals surface area contributed by atoms with Gasteiger partial charge in [0.25, 0.3) is 0 Å². The number of ether oxygens (including phenoxy) is 2. The molecule has 6 nitrogen and oxygen atoms in total. The summed E-state index contributed by atoms with van der Waals surface area (Å²) in [6.07, 6.45) is 0. The zero-order valence-electron chi connectivity index (χ0n) is 16.1. The average Bonchev–Trinajstić information content (AvgIpc) is 2.79. The first-order chi connectivity index (χ1) is 14.1. The highest BCUT2D eigenvalue weighted by atomic mass is 16.5. The lowest BCUT2D eigenvalue weighted by molar-refractivity contribution is 0.103. The third-order valence-electron chi connectivity index (χ3n) is 4.17. The molecule has 0 fully saturated rings. The second kappa shape index (κ2) is 9.32. The summed E-state index contributed by atoms with van der Waals surface area (Å²) in [5.41, 5.74) is 1.04. The van der Waals surface area contributed by atoms with Gasteiger partial charge in [-0.3, -0.25) is 4.79 Å². The third-order valence-corrected chi connectivity index (χ3v) is 4.17. The lowest BCUT2D eigenvalue weighted by Gasteiger charge is -2.08. The van der Waals surface area contributed by atoms with Gasteiger partial charge in [-0.1, -0.05) is 60.7 Å². The predicted octanol–water partition coefficient (Wildman–Crippen LogP) is 5.60. The first-order valence-electron chi connectivity index (χ1n) is 8.86. The number of carbonyl (C=O) groups excluding carboxylic acids is 1. The average molecular weight is 388 g/mol. The molecule has 0 atom stereocenters. The van der Waals surface area contributed by atoms with E-state index in [4.69, 9.17) is 9.47 Å². The first-order valence-corrected chi connectivity index (χ1v) is 8.86. The minimum absolute atomic E-state index is 0.174. The molecule has 29 heavy (non-hydrogen) atoms. The molecule has 3 aromatic rings. The predicted molar refractivity (Wildman–Crippen MR) is 111 cm³/mol. The first kappa shape index (κ1) is 19.8. The van der Waals surface area contributed by atoms with Crippen molar-refractivity contribution in [3.8, 4) is 11.5 Å². The normalized spacial score (nSPS) is 11.8. The van der Waals surface area contributed by atoms with Crippen LogP contribution in [0.15, 0.2) is 94.8 Å². The molecule has 0 spiro atoms. The molecule has 0 aromatic heterocycles. The number of nitrogens with zero attached hydrogens (tertiary/aromatic N) is 2. The van der Waals surface area contributed by atoms with E-state index in [1.165, 1.54) is 14.2 Å². The molecule has 0 unspecified atom stereocenters. The Morgan fingerprint density at radius 2 is 1.45 bits per heavy atom. The van der Waals surface area contributed by atoms with Gasteiger partial charge in [-0.15, -0.1) is 10.2 Å². The van der Waals surface area contributed by atoms with E-state index in [-0.39, 0.29) is 11.5 Å². The van der Waals surface area contributed by atoms with Crippen LogP contribution in [0.1, 0.15) is 15.9 Å². The summed E-state index contributed by atoms with van der Waals surface area (Å²) < 4.78 is 10.5. The van der Waals surface area contributed by atoms with Gasteiger partial charge in [0, 0.05) is 17.2 Å². The number of aliphatic hydroxyl groups excluding tert-OH is 1. The molecule has 3 aromatic carbocycles. The fourth-order valence-electron chi connectivity index (χ4n) is 2.64. The van der Waals surface area contributed by atoms with E-state index in [9.17, 15) is 9.90 Å². The summed E-state index contributed by atoms with van der Waals surface area (Å²) in [6.45, 7) is 0. The molecule has 0 aliphatic rings. The lowest BCUT2D eigenvalue weighted by atomic mass is 10.1. The van der Waals surface area contributed by atoms with Crippen LogP contribution in [0.4, 0.5) is 5.69 Å². The van der Waals surface area contributed by atoms with E-state index in [2.05, 4.69) is 10.2 Å². The molecule has 0 radical (unpaired) electrons. The number of hydrogen-bond donors (Lipinski definition) is 1. The Kier molecular flexibility index (Phi) is 6.37. The maximum Gasteiger partial charge on any atom is 0.217 e. The lowest BCUT2D eigenvalue weighted by Crippen LogP contribution is -2.04. The van der Waals surface area contributed by atoms with Crippen LogP contribution in [0, 0.1) is 0 Å². The van der Waals surface area contributed by atoms with Gasteiger partial charge in [0.2, 0.25) is 5.78 Å². The van der Waals surface area contributed by atoms with Gasteiger partial charge in [0.15, 0.2) is 11.5 Å². The highest BCUT2D eigenvalue weighted by Crippen LogP contribution is 2.33. The summed E-state index contributed by atoms with van der Waals surface area (Å²) in [6, 6.07) is 22.4. The summed E-state index contributed by atoms with van der Waals surface area (Å²) in [4.78, 5) is 13.0. The molecule has 0 heterocycles. The Morgan fingerprint density at radius 3 is 2.03 bits per heavy atom. The Labute approximate surface area is 168 Å². The number of ketones is 1. The van der Waals surface area contributed by atoms with Crippen molar-refractivity contribution in [3.05, 3.63) is 95.7 Å². The van der Waals surface area contributed by atoms with E-state index in [0.29, 0.717) is 28.3 Å². The third kappa shape index (κ3) is 4.68. The number of benzene rings is 3. The highest BCUT2D eigenvalue weighted by Gasteiger charge is 2.19. The van der Waals surface area contributed by atoms with Crippen LogP contribution in [-0.4, -0.2) is 25.1 Å². The molecule has 0 aliphatic heterocycles. The summed E-state index contributed by atoms with van der Waals surface area (Å²) in [5.74, 6) is 0.315. The van der Waals surface area contributed by atoms with Gasteiger partial charge in [-0.25, -0.2) is 0 Å².